The highest BCUT2D eigenvalue weighted by Gasteiger charge is 2.34. The van der Waals surface area contributed by atoms with Gasteiger partial charge < -0.3 is 9.15 Å². The fourth-order valence-corrected chi connectivity index (χ4v) is 4.23. The number of rotatable bonds is 3. The van der Waals surface area contributed by atoms with Crippen molar-refractivity contribution in [1.29, 1.82) is 0 Å². The van der Waals surface area contributed by atoms with E-state index >= 15 is 0 Å². The summed E-state index contributed by atoms with van der Waals surface area (Å²) in [4.78, 5) is 2.62. The molecular formula is C20H23NO2. The van der Waals surface area contributed by atoms with Gasteiger partial charge in [-0.05, 0) is 54.5 Å². The molecule has 1 aromatic heterocycles. The predicted octanol–water partition coefficient (Wildman–Crippen LogP) is 3.90. The number of benzene rings is 1. The van der Waals surface area contributed by atoms with Crippen LogP contribution in [0.15, 0.2) is 28.7 Å². The Hall–Kier alpha value is -1.74. The summed E-state index contributed by atoms with van der Waals surface area (Å²) in [7, 11) is 1.74. The Balaban J connectivity index is 1.45. The second-order valence-corrected chi connectivity index (χ2v) is 7.31. The van der Waals surface area contributed by atoms with Crippen LogP contribution in [-0.2, 0) is 25.8 Å². The molecule has 2 aromatic rings. The van der Waals surface area contributed by atoms with Crippen LogP contribution in [0.5, 0.6) is 5.75 Å². The van der Waals surface area contributed by atoms with Crippen molar-refractivity contribution in [3.05, 3.63) is 52.5 Å². The van der Waals surface area contributed by atoms with Gasteiger partial charge in [0.25, 0.3) is 0 Å². The summed E-state index contributed by atoms with van der Waals surface area (Å²) in [6.45, 7) is 2.17. The van der Waals surface area contributed by atoms with E-state index in [4.69, 9.17) is 9.15 Å². The number of ether oxygens (including phenoxy) is 1. The average Bonchev–Trinajstić information content (AvgIpc) is 3.30. The third-order valence-corrected chi connectivity index (χ3v) is 5.70. The van der Waals surface area contributed by atoms with Crippen LogP contribution < -0.4 is 4.74 Å². The Morgan fingerprint density at radius 3 is 2.96 bits per heavy atom. The van der Waals surface area contributed by atoms with Crippen molar-refractivity contribution in [2.75, 3.05) is 13.7 Å². The zero-order valence-corrected chi connectivity index (χ0v) is 13.7. The van der Waals surface area contributed by atoms with E-state index in [0.29, 0.717) is 6.04 Å². The molecule has 3 heteroatoms. The maximum Gasteiger partial charge on any atom is 0.119 e. The molecule has 120 valence electrons. The van der Waals surface area contributed by atoms with E-state index in [2.05, 4.69) is 29.2 Å². The topological polar surface area (TPSA) is 25.6 Å². The minimum absolute atomic E-state index is 0.470. The van der Waals surface area contributed by atoms with Gasteiger partial charge in [-0.1, -0.05) is 6.07 Å². The lowest BCUT2D eigenvalue weighted by Gasteiger charge is -2.40. The highest BCUT2D eigenvalue weighted by molar-refractivity contribution is 5.41. The minimum Gasteiger partial charge on any atom is -0.497 e. The van der Waals surface area contributed by atoms with E-state index in [1.165, 1.54) is 41.1 Å². The van der Waals surface area contributed by atoms with E-state index in [1.54, 1.807) is 7.11 Å². The number of furan rings is 1. The van der Waals surface area contributed by atoms with Gasteiger partial charge in [0, 0.05) is 37.5 Å². The standard InChI is InChI=1S/C20H23NO2/c1-22-16-4-5-18-14(9-16)6-7-21-12-15-10-17(8-13-2-3-13)23-20(15)11-19(18)21/h4-5,9-10,13,19H,2-3,6-8,11-12H2,1H3. The summed E-state index contributed by atoms with van der Waals surface area (Å²) >= 11 is 0. The maximum absolute atomic E-state index is 6.21. The van der Waals surface area contributed by atoms with Gasteiger partial charge in [0.2, 0.25) is 0 Å². The molecule has 0 spiro atoms. The molecule has 3 nitrogen and oxygen atoms in total. The summed E-state index contributed by atoms with van der Waals surface area (Å²) in [6, 6.07) is 9.36. The summed E-state index contributed by atoms with van der Waals surface area (Å²) in [5, 5.41) is 0. The lowest BCUT2D eigenvalue weighted by atomic mass is 9.86. The van der Waals surface area contributed by atoms with Crippen molar-refractivity contribution >= 4 is 0 Å². The van der Waals surface area contributed by atoms with Crippen molar-refractivity contribution in [3.63, 3.8) is 0 Å². The van der Waals surface area contributed by atoms with Crippen molar-refractivity contribution in [2.45, 2.75) is 44.7 Å². The van der Waals surface area contributed by atoms with Crippen LogP contribution in [0.25, 0.3) is 0 Å². The average molecular weight is 309 g/mol. The minimum atomic E-state index is 0.470. The summed E-state index contributed by atoms with van der Waals surface area (Å²) < 4.78 is 11.6. The number of nitrogens with zero attached hydrogens (tertiary/aromatic N) is 1. The second-order valence-electron chi connectivity index (χ2n) is 7.31. The van der Waals surface area contributed by atoms with Crippen LogP contribution in [0, 0.1) is 5.92 Å². The SMILES string of the molecule is COc1ccc2c(c1)CCN1Cc3cc(CC4CC4)oc3CC21. The lowest BCUT2D eigenvalue weighted by molar-refractivity contribution is 0.151. The van der Waals surface area contributed by atoms with Crippen LogP contribution in [0.3, 0.4) is 0 Å². The van der Waals surface area contributed by atoms with Crippen LogP contribution in [0.1, 0.15) is 47.1 Å². The molecule has 1 unspecified atom stereocenters. The van der Waals surface area contributed by atoms with Gasteiger partial charge in [0.05, 0.1) is 7.11 Å². The first kappa shape index (κ1) is 13.7. The number of hydrogen-bond acceptors (Lipinski definition) is 3. The van der Waals surface area contributed by atoms with E-state index < -0.39 is 0 Å². The van der Waals surface area contributed by atoms with Crippen LogP contribution in [0.4, 0.5) is 0 Å². The van der Waals surface area contributed by atoms with Gasteiger partial charge in [0.15, 0.2) is 0 Å². The van der Waals surface area contributed by atoms with Crippen molar-refractivity contribution in [1.82, 2.24) is 4.90 Å². The molecule has 0 saturated heterocycles. The Morgan fingerprint density at radius 1 is 1.22 bits per heavy atom. The van der Waals surface area contributed by atoms with Crippen LogP contribution >= 0.6 is 0 Å². The molecule has 3 aliphatic rings. The lowest BCUT2D eigenvalue weighted by Crippen LogP contribution is -2.38. The zero-order valence-electron chi connectivity index (χ0n) is 13.7. The number of methoxy groups -OCH3 is 1. The molecule has 0 amide bonds. The molecule has 0 N–H and O–H groups in total. The third kappa shape index (κ3) is 2.38. The molecule has 0 bridgehead atoms. The van der Waals surface area contributed by atoms with Gasteiger partial charge in [-0.15, -0.1) is 0 Å². The van der Waals surface area contributed by atoms with E-state index in [-0.39, 0.29) is 0 Å². The predicted molar refractivity (Wildman–Crippen MR) is 88.7 cm³/mol. The Morgan fingerprint density at radius 2 is 2.13 bits per heavy atom. The largest absolute Gasteiger partial charge is 0.497 e. The van der Waals surface area contributed by atoms with Gasteiger partial charge in [-0.3, -0.25) is 4.90 Å². The molecule has 1 aromatic carbocycles. The van der Waals surface area contributed by atoms with E-state index in [0.717, 1.165) is 44.0 Å². The Bertz CT molecular complexity index is 744. The van der Waals surface area contributed by atoms with Crippen LogP contribution in [0.2, 0.25) is 0 Å². The third-order valence-electron chi connectivity index (χ3n) is 5.70. The molecular weight excluding hydrogens is 286 g/mol. The summed E-state index contributed by atoms with van der Waals surface area (Å²) in [5.41, 5.74) is 4.33. The van der Waals surface area contributed by atoms with Gasteiger partial charge in [-0.25, -0.2) is 0 Å². The fraction of sp³-hybridized carbons (Fsp3) is 0.500. The van der Waals surface area contributed by atoms with E-state index in [9.17, 15) is 0 Å². The summed E-state index contributed by atoms with van der Waals surface area (Å²) in [5.74, 6) is 4.30. The van der Waals surface area contributed by atoms with Gasteiger partial charge >= 0.3 is 0 Å². The highest BCUT2D eigenvalue weighted by Crippen LogP contribution is 2.41. The van der Waals surface area contributed by atoms with Crippen LogP contribution in [-0.4, -0.2) is 18.6 Å². The first-order chi connectivity index (χ1) is 11.3. The first-order valence-electron chi connectivity index (χ1n) is 8.81. The van der Waals surface area contributed by atoms with Crippen molar-refractivity contribution < 1.29 is 9.15 Å². The van der Waals surface area contributed by atoms with Crippen molar-refractivity contribution in [3.8, 4) is 5.75 Å². The smallest absolute Gasteiger partial charge is 0.119 e. The Kier molecular flexibility index (Phi) is 3.05. The normalized spacial score (nSPS) is 23.1. The van der Waals surface area contributed by atoms with Gasteiger partial charge in [0.1, 0.15) is 17.3 Å². The monoisotopic (exact) mass is 309 g/mol. The maximum atomic E-state index is 6.21. The molecule has 3 heterocycles. The van der Waals surface area contributed by atoms with Gasteiger partial charge in [-0.2, -0.15) is 0 Å². The highest BCUT2D eigenvalue weighted by atomic mass is 16.5. The fourth-order valence-electron chi connectivity index (χ4n) is 4.23. The first-order valence-corrected chi connectivity index (χ1v) is 8.81. The number of fused-ring (bicyclic) bond motifs is 4. The quantitative estimate of drug-likeness (QED) is 0.860. The molecule has 2 aliphatic heterocycles. The second kappa shape index (κ2) is 5.13. The molecule has 1 atom stereocenters. The molecule has 1 aliphatic carbocycles. The molecule has 0 radical (unpaired) electrons. The number of hydrogen-bond donors (Lipinski definition) is 0. The molecule has 5 rings (SSSR count). The van der Waals surface area contributed by atoms with Crippen molar-refractivity contribution in [2.24, 2.45) is 5.92 Å². The van der Waals surface area contributed by atoms with E-state index in [1.807, 2.05) is 0 Å². The molecule has 23 heavy (non-hydrogen) atoms. The summed E-state index contributed by atoms with van der Waals surface area (Å²) in [6.07, 6.45) is 6.04. The molecule has 1 saturated carbocycles. The Labute approximate surface area is 137 Å². The zero-order chi connectivity index (χ0) is 15.4. The molecule has 1 fully saturated rings.